The molecule has 0 radical (unpaired) electrons. The van der Waals surface area contributed by atoms with Gasteiger partial charge in [0.25, 0.3) is 0 Å². The topological polar surface area (TPSA) is 52.6 Å². The Kier molecular flexibility index (Phi) is 7.80. The van der Waals surface area contributed by atoms with Crippen LogP contribution in [0.2, 0.25) is 0 Å². The maximum atomic E-state index is 12.0. The van der Waals surface area contributed by atoms with Crippen molar-refractivity contribution in [3.05, 3.63) is 23.8 Å². The fourth-order valence-electron chi connectivity index (χ4n) is 2.35. The van der Waals surface area contributed by atoms with E-state index in [0.29, 0.717) is 5.57 Å². The molecule has 1 rings (SSSR count). The molecule has 0 heterocycles. The zero-order valence-electron chi connectivity index (χ0n) is 13.3. The minimum Gasteiger partial charge on any atom is -0.455 e. The van der Waals surface area contributed by atoms with Crippen LogP contribution in [0.1, 0.15) is 59.3 Å². The van der Waals surface area contributed by atoms with E-state index in [-0.39, 0.29) is 24.1 Å². The van der Waals surface area contributed by atoms with Gasteiger partial charge in [0.2, 0.25) is 0 Å². The van der Waals surface area contributed by atoms with Gasteiger partial charge < -0.3 is 9.47 Å². The number of hydrogen-bond donors (Lipinski definition) is 0. The van der Waals surface area contributed by atoms with E-state index in [1.54, 1.807) is 13.0 Å². The molecule has 21 heavy (non-hydrogen) atoms. The molecule has 1 aliphatic rings. The third-order valence-electron chi connectivity index (χ3n) is 3.49. The van der Waals surface area contributed by atoms with Gasteiger partial charge in [0.05, 0.1) is 0 Å². The summed E-state index contributed by atoms with van der Waals surface area (Å²) in [6, 6.07) is 0. The monoisotopic (exact) mass is 294 g/mol. The van der Waals surface area contributed by atoms with Crippen LogP contribution in [-0.2, 0) is 19.1 Å². The lowest BCUT2D eigenvalue weighted by Gasteiger charge is -2.30. The average molecular weight is 294 g/mol. The van der Waals surface area contributed by atoms with Gasteiger partial charge in [-0.25, -0.2) is 9.59 Å². The Balaban J connectivity index is 2.61. The molecule has 0 N–H and O–H groups in total. The van der Waals surface area contributed by atoms with Crippen LogP contribution in [0.5, 0.6) is 0 Å². The standard InChI is InChI=1S/C17H26O4/c1-4-6-12-16(18)20-14-10-7-8-11-15(14)21-17(19)13(3)9-5-2/h6,9,12,14-15H,4-5,7-8,10-11H2,1-3H3. The van der Waals surface area contributed by atoms with E-state index in [9.17, 15) is 9.59 Å². The Labute approximate surface area is 127 Å². The Morgan fingerprint density at radius 2 is 1.67 bits per heavy atom. The van der Waals surface area contributed by atoms with Gasteiger partial charge in [-0.3, -0.25) is 0 Å². The molecule has 1 fully saturated rings. The zero-order chi connectivity index (χ0) is 15.7. The quantitative estimate of drug-likeness (QED) is 0.553. The highest BCUT2D eigenvalue weighted by atomic mass is 16.6. The second-order valence-corrected chi connectivity index (χ2v) is 5.31. The second-order valence-electron chi connectivity index (χ2n) is 5.31. The molecule has 0 saturated heterocycles. The molecule has 2 unspecified atom stereocenters. The first kappa shape index (κ1) is 17.5. The molecular formula is C17H26O4. The van der Waals surface area contributed by atoms with Crippen molar-refractivity contribution in [2.45, 2.75) is 71.5 Å². The smallest absolute Gasteiger partial charge is 0.333 e. The minimum atomic E-state index is -0.356. The predicted octanol–water partition coefficient (Wildman–Crippen LogP) is 3.71. The van der Waals surface area contributed by atoms with Crippen molar-refractivity contribution in [2.24, 2.45) is 0 Å². The van der Waals surface area contributed by atoms with Crippen molar-refractivity contribution in [1.29, 1.82) is 0 Å². The van der Waals surface area contributed by atoms with Gasteiger partial charge >= 0.3 is 11.9 Å². The molecule has 0 amide bonds. The van der Waals surface area contributed by atoms with E-state index in [0.717, 1.165) is 38.5 Å². The highest BCUT2D eigenvalue weighted by Crippen LogP contribution is 2.25. The molecule has 0 aliphatic heterocycles. The molecule has 118 valence electrons. The lowest BCUT2D eigenvalue weighted by atomic mass is 9.94. The minimum absolute atomic E-state index is 0.311. The lowest BCUT2D eigenvalue weighted by molar-refractivity contribution is -0.165. The Hall–Kier alpha value is -1.58. The first-order valence-corrected chi connectivity index (χ1v) is 7.83. The molecule has 2 atom stereocenters. The van der Waals surface area contributed by atoms with Crippen LogP contribution in [0.3, 0.4) is 0 Å². The summed E-state index contributed by atoms with van der Waals surface area (Å²) in [4.78, 5) is 23.6. The Morgan fingerprint density at radius 1 is 1.05 bits per heavy atom. The SMILES string of the molecule is CCC=CC(=O)OC1CCCCC1OC(=O)C(C)=CCC. The molecule has 0 spiro atoms. The van der Waals surface area contributed by atoms with Crippen LogP contribution < -0.4 is 0 Å². The lowest BCUT2D eigenvalue weighted by Crippen LogP contribution is -2.37. The summed E-state index contributed by atoms with van der Waals surface area (Å²) in [5, 5.41) is 0. The molecular weight excluding hydrogens is 268 g/mol. The summed E-state index contributed by atoms with van der Waals surface area (Å²) in [5.74, 6) is -0.667. The summed E-state index contributed by atoms with van der Waals surface area (Å²) in [7, 11) is 0. The van der Waals surface area contributed by atoms with Crippen molar-refractivity contribution in [3.8, 4) is 0 Å². The van der Waals surface area contributed by atoms with E-state index < -0.39 is 0 Å². The van der Waals surface area contributed by atoms with E-state index in [4.69, 9.17) is 9.47 Å². The largest absolute Gasteiger partial charge is 0.455 e. The molecule has 1 saturated carbocycles. The molecule has 0 aromatic heterocycles. The van der Waals surface area contributed by atoms with E-state index in [1.165, 1.54) is 6.08 Å². The zero-order valence-corrected chi connectivity index (χ0v) is 13.3. The number of ether oxygens (including phenoxy) is 2. The summed E-state index contributed by atoms with van der Waals surface area (Å²) >= 11 is 0. The summed E-state index contributed by atoms with van der Waals surface area (Å²) < 4.78 is 10.9. The summed E-state index contributed by atoms with van der Waals surface area (Å²) in [6.07, 6.45) is 9.47. The van der Waals surface area contributed by atoms with Gasteiger partial charge in [-0.2, -0.15) is 0 Å². The third-order valence-corrected chi connectivity index (χ3v) is 3.49. The van der Waals surface area contributed by atoms with Crippen molar-refractivity contribution in [1.82, 2.24) is 0 Å². The maximum absolute atomic E-state index is 12.0. The van der Waals surface area contributed by atoms with Crippen molar-refractivity contribution >= 4 is 11.9 Å². The van der Waals surface area contributed by atoms with Gasteiger partial charge in [-0.15, -0.1) is 0 Å². The Bertz CT molecular complexity index is 409. The first-order chi connectivity index (χ1) is 10.1. The van der Waals surface area contributed by atoms with Gasteiger partial charge in [0.15, 0.2) is 0 Å². The summed E-state index contributed by atoms with van der Waals surface area (Å²) in [5.41, 5.74) is 0.610. The molecule has 0 aromatic carbocycles. The fraction of sp³-hybridized carbons (Fsp3) is 0.647. The van der Waals surface area contributed by atoms with Gasteiger partial charge in [-0.05, 0) is 45.4 Å². The van der Waals surface area contributed by atoms with Gasteiger partial charge in [-0.1, -0.05) is 26.0 Å². The fourth-order valence-corrected chi connectivity index (χ4v) is 2.35. The third kappa shape index (κ3) is 6.15. The predicted molar refractivity (Wildman–Crippen MR) is 81.7 cm³/mol. The number of carbonyl (C=O) groups excluding carboxylic acids is 2. The van der Waals surface area contributed by atoms with Crippen LogP contribution in [0.25, 0.3) is 0 Å². The molecule has 0 aromatic rings. The van der Waals surface area contributed by atoms with Crippen LogP contribution in [0.4, 0.5) is 0 Å². The number of rotatable bonds is 6. The average Bonchev–Trinajstić information content (AvgIpc) is 2.47. The van der Waals surface area contributed by atoms with Crippen LogP contribution in [-0.4, -0.2) is 24.1 Å². The normalized spacial score (nSPS) is 23.1. The Morgan fingerprint density at radius 3 is 2.24 bits per heavy atom. The molecule has 4 nitrogen and oxygen atoms in total. The van der Waals surface area contributed by atoms with Gasteiger partial charge in [0, 0.05) is 11.6 Å². The van der Waals surface area contributed by atoms with E-state index in [1.807, 2.05) is 19.9 Å². The van der Waals surface area contributed by atoms with Crippen molar-refractivity contribution in [3.63, 3.8) is 0 Å². The highest BCUT2D eigenvalue weighted by molar-refractivity contribution is 5.88. The number of esters is 2. The number of carbonyl (C=O) groups is 2. The van der Waals surface area contributed by atoms with Crippen LogP contribution in [0, 0.1) is 0 Å². The molecule has 1 aliphatic carbocycles. The summed E-state index contributed by atoms with van der Waals surface area (Å²) in [6.45, 7) is 5.68. The van der Waals surface area contributed by atoms with E-state index >= 15 is 0 Å². The number of hydrogen-bond acceptors (Lipinski definition) is 4. The highest BCUT2D eigenvalue weighted by Gasteiger charge is 2.31. The van der Waals surface area contributed by atoms with Crippen molar-refractivity contribution in [2.75, 3.05) is 0 Å². The maximum Gasteiger partial charge on any atom is 0.333 e. The first-order valence-electron chi connectivity index (χ1n) is 7.83. The van der Waals surface area contributed by atoms with E-state index in [2.05, 4.69) is 0 Å². The molecule has 4 heteroatoms. The van der Waals surface area contributed by atoms with Crippen molar-refractivity contribution < 1.29 is 19.1 Å². The van der Waals surface area contributed by atoms with Gasteiger partial charge in [0.1, 0.15) is 12.2 Å². The second kappa shape index (κ2) is 9.37. The van der Waals surface area contributed by atoms with Crippen LogP contribution >= 0.6 is 0 Å². The molecule has 0 bridgehead atoms. The number of allylic oxidation sites excluding steroid dienone is 2. The van der Waals surface area contributed by atoms with Crippen LogP contribution in [0.15, 0.2) is 23.8 Å².